The molecule has 0 aromatic heterocycles. The van der Waals surface area contributed by atoms with Crippen molar-refractivity contribution in [2.24, 2.45) is 5.92 Å². The van der Waals surface area contributed by atoms with E-state index in [9.17, 15) is 4.79 Å². The van der Waals surface area contributed by atoms with Crippen LogP contribution < -0.4 is 5.32 Å². The first kappa shape index (κ1) is 15.6. The summed E-state index contributed by atoms with van der Waals surface area (Å²) in [6.45, 7) is 1.69. The van der Waals surface area contributed by atoms with Crippen LogP contribution in [0, 0.1) is 5.92 Å². The summed E-state index contributed by atoms with van der Waals surface area (Å²) in [5, 5.41) is 11.9. The molecule has 0 saturated carbocycles. The minimum Gasteiger partial charge on any atom is -0.396 e. The Balaban J connectivity index is 1.59. The first-order chi connectivity index (χ1) is 11.3. The molecule has 1 heterocycles. The monoisotopic (exact) mass is 310 g/mol. The SMILES string of the molecule is O=C(Nc1ccc(-c2ccccc2)cc1)N1CC[C@H](CCO)C1. The van der Waals surface area contributed by atoms with Gasteiger partial charge in [0, 0.05) is 25.4 Å². The zero-order valence-corrected chi connectivity index (χ0v) is 13.1. The van der Waals surface area contributed by atoms with Crippen molar-refractivity contribution in [2.75, 3.05) is 25.0 Å². The molecular formula is C19H22N2O2. The van der Waals surface area contributed by atoms with Gasteiger partial charge in [0.2, 0.25) is 0 Å². The average Bonchev–Trinajstić information content (AvgIpc) is 3.06. The Morgan fingerprint density at radius 1 is 1.09 bits per heavy atom. The van der Waals surface area contributed by atoms with Crippen molar-refractivity contribution in [2.45, 2.75) is 12.8 Å². The van der Waals surface area contributed by atoms with Crippen LogP contribution in [0.3, 0.4) is 0 Å². The van der Waals surface area contributed by atoms with Crippen LogP contribution in [-0.4, -0.2) is 35.7 Å². The van der Waals surface area contributed by atoms with Gasteiger partial charge < -0.3 is 15.3 Å². The van der Waals surface area contributed by atoms with Crippen LogP contribution >= 0.6 is 0 Å². The normalized spacial score (nSPS) is 17.3. The predicted molar refractivity (Wildman–Crippen MR) is 92.3 cm³/mol. The Kier molecular flexibility index (Phi) is 4.93. The Bertz CT molecular complexity index is 640. The van der Waals surface area contributed by atoms with Gasteiger partial charge in [-0.2, -0.15) is 0 Å². The van der Waals surface area contributed by atoms with E-state index in [0.717, 1.165) is 42.7 Å². The number of carbonyl (C=O) groups is 1. The number of rotatable bonds is 4. The van der Waals surface area contributed by atoms with Crippen molar-refractivity contribution in [1.29, 1.82) is 0 Å². The first-order valence-electron chi connectivity index (χ1n) is 8.08. The van der Waals surface area contributed by atoms with E-state index in [4.69, 9.17) is 5.11 Å². The van der Waals surface area contributed by atoms with Gasteiger partial charge in [0.25, 0.3) is 0 Å². The van der Waals surface area contributed by atoms with Gasteiger partial charge in [-0.1, -0.05) is 42.5 Å². The van der Waals surface area contributed by atoms with Gasteiger partial charge in [0.1, 0.15) is 0 Å². The molecule has 0 unspecified atom stereocenters. The third-order valence-corrected chi connectivity index (χ3v) is 4.35. The second-order valence-electron chi connectivity index (χ2n) is 5.99. The second kappa shape index (κ2) is 7.29. The average molecular weight is 310 g/mol. The smallest absolute Gasteiger partial charge is 0.321 e. The van der Waals surface area contributed by atoms with Crippen molar-refractivity contribution >= 4 is 11.7 Å². The van der Waals surface area contributed by atoms with Gasteiger partial charge in [-0.15, -0.1) is 0 Å². The Hall–Kier alpha value is -2.33. The molecule has 2 aromatic carbocycles. The number of hydrogen-bond donors (Lipinski definition) is 2. The van der Waals surface area contributed by atoms with Crippen LogP contribution in [0.5, 0.6) is 0 Å². The molecule has 4 nitrogen and oxygen atoms in total. The summed E-state index contributed by atoms with van der Waals surface area (Å²) >= 11 is 0. The Morgan fingerprint density at radius 3 is 2.48 bits per heavy atom. The number of aliphatic hydroxyl groups is 1. The van der Waals surface area contributed by atoms with E-state index in [0.29, 0.717) is 5.92 Å². The maximum Gasteiger partial charge on any atom is 0.321 e. The third kappa shape index (κ3) is 3.90. The standard InChI is InChI=1S/C19H22N2O2/c22-13-11-15-10-12-21(14-15)19(23)20-18-8-6-17(7-9-18)16-4-2-1-3-5-16/h1-9,15,22H,10-14H2,(H,20,23)/t15-/m1/s1. The fourth-order valence-electron chi connectivity index (χ4n) is 3.01. The molecule has 120 valence electrons. The number of nitrogens with zero attached hydrogens (tertiary/aromatic N) is 1. The van der Waals surface area contributed by atoms with Crippen molar-refractivity contribution < 1.29 is 9.90 Å². The molecule has 2 aromatic rings. The summed E-state index contributed by atoms with van der Waals surface area (Å²) in [5.41, 5.74) is 3.10. The van der Waals surface area contributed by atoms with Crippen LogP contribution in [0.4, 0.5) is 10.5 Å². The zero-order chi connectivity index (χ0) is 16.1. The van der Waals surface area contributed by atoms with Crippen molar-refractivity contribution in [3.63, 3.8) is 0 Å². The van der Waals surface area contributed by atoms with Gasteiger partial charge in [-0.05, 0) is 42.0 Å². The molecule has 1 saturated heterocycles. The minimum absolute atomic E-state index is 0.0575. The lowest BCUT2D eigenvalue weighted by Gasteiger charge is -2.17. The van der Waals surface area contributed by atoms with Crippen LogP contribution in [0.15, 0.2) is 54.6 Å². The summed E-state index contributed by atoms with van der Waals surface area (Å²) in [6, 6.07) is 18.0. The molecule has 2 N–H and O–H groups in total. The van der Waals surface area contributed by atoms with Crippen molar-refractivity contribution in [3.8, 4) is 11.1 Å². The largest absolute Gasteiger partial charge is 0.396 e. The van der Waals surface area contributed by atoms with Crippen molar-refractivity contribution in [3.05, 3.63) is 54.6 Å². The fraction of sp³-hybridized carbons (Fsp3) is 0.316. The maximum atomic E-state index is 12.3. The first-order valence-corrected chi connectivity index (χ1v) is 8.08. The molecule has 4 heteroatoms. The molecule has 23 heavy (non-hydrogen) atoms. The molecular weight excluding hydrogens is 288 g/mol. The fourth-order valence-corrected chi connectivity index (χ4v) is 3.01. The van der Waals surface area contributed by atoms with Crippen LogP contribution in [0.2, 0.25) is 0 Å². The van der Waals surface area contributed by atoms with Crippen LogP contribution in [0.25, 0.3) is 11.1 Å². The van der Waals surface area contributed by atoms with Gasteiger partial charge in [-0.3, -0.25) is 0 Å². The second-order valence-corrected chi connectivity index (χ2v) is 5.99. The Labute approximate surface area is 136 Å². The number of carbonyl (C=O) groups excluding carboxylic acids is 1. The molecule has 1 aliphatic rings. The minimum atomic E-state index is -0.0575. The number of nitrogens with one attached hydrogen (secondary N) is 1. The third-order valence-electron chi connectivity index (χ3n) is 4.35. The molecule has 0 aliphatic carbocycles. The van der Waals surface area contributed by atoms with Gasteiger partial charge >= 0.3 is 6.03 Å². The van der Waals surface area contributed by atoms with E-state index in [1.165, 1.54) is 0 Å². The molecule has 1 atom stereocenters. The molecule has 0 radical (unpaired) electrons. The van der Waals surface area contributed by atoms with E-state index in [1.54, 1.807) is 0 Å². The van der Waals surface area contributed by atoms with E-state index in [1.807, 2.05) is 47.4 Å². The highest BCUT2D eigenvalue weighted by molar-refractivity contribution is 5.89. The zero-order valence-electron chi connectivity index (χ0n) is 13.1. The Morgan fingerprint density at radius 2 is 1.78 bits per heavy atom. The van der Waals surface area contributed by atoms with Crippen LogP contribution in [-0.2, 0) is 0 Å². The van der Waals surface area contributed by atoms with Crippen LogP contribution in [0.1, 0.15) is 12.8 Å². The highest BCUT2D eigenvalue weighted by Gasteiger charge is 2.25. The number of likely N-dealkylation sites (tertiary alicyclic amines) is 1. The van der Waals surface area contributed by atoms with E-state index in [2.05, 4.69) is 17.4 Å². The molecule has 0 spiro atoms. The summed E-state index contributed by atoms with van der Waals surface area (Å²) in [6.07, 6.45) is 1.75. The number of amides is 2. The lowest BCUT2D eigenvalue weighted by molar-refractivity contribution is 0.217. The molecule has 1 aliphatic heterocycles. The lowest BCUT2D eigenvalue weighted by atomic mass is 10.1. The topological polar surface area (TPSA) is 52.6 Å². The van der Waals surface area contributed by atoms with Gasteiger partial charge in [0.15, 0.2) is 0 Å². The predicted octanol–water partition coefficient (Wildman–Crippen LogP) is 3.59. The van der Waals surface area contributed by atoms with Crippen molar-refractivity contribution in [1.82, 2.24) is 4.90 Å². The molecule has 1 fully saturated rings. The number of aliphatic hydroxyl groups excluding tert-OH is 1. The molecule has 3 rings (SSSR count). The van der Waals surface area contributed by atoms with E-state index >= 15 is 0 Å². The highest BCUT2D eigenvalue weighted by atomic mass is 16.3. The number of benzene rings is 2. The van der Waals surface area contributed by atoms with Gasteiger partial charge in [-0.25, -0.2) is 4.79 Å². The maximum absolute atomic E-state index is 12.3. The summed E-state index contributed by atoms with van der Waals surface area (Å²) in [5.74, 6) is 0.422. The van der Waals surface area contributed by atoms with E-state index < -0.39 is 0 Å². The summed E-state index contributed by atoms with van der Waals surface area (Å²) in [4.78, 5) is 14.1. The molecule has 0 bridgehead atoms. The number of urea groups is 1. The quantitative estimate of drug-likeness (QED) is 0.906. The lowest BCUT2D eigenvalue weighted by Crippen LogP contribution is -2.33. The number of hydrogen-bond acceptors (Lipinski definition) is 2. The summed E-state index contributed by atoms with van der Waals surface area (Å²) < 4.78 is 0. The highest BCUT2D eigenvalue weighted by Crippen LogP contribution is 2.23. The van der Waals surface area contributed by atoms with E-state index in [-0.39, 0.29) is 12.6 Å². The number of anilines is 1. The van der Waals surface area contributed by atoms with Gasteiger partial charge in [0.05, 0.1) is 0 Å². The molecule has 2 amide bonds. The summed E-state index contributed by atoms with van der Waals surface area (Å²) in [7, 11) is 0.